The molecule has 0 radical (unpaired) electrons. The van der Waals surface area contributed by atoms with Gasteiger partial charge in [-0.25, -0.2) is 0 Å². The molecule has 0 fully saturated rings. The van der Waals surface area contributed by atoms with Gasteiger partial charge >= 0.3 is 0 Å². The molecule has 1 aromatic heterocycles. The molecule has 21 heavy (non-hydrogen) atoms. The molecular formula is C12H13Cl2N5O2. The van der Waals surface area contributed by atoms with Gasteiger partial charge in [-0.15, -0.1) is 10.2 Å². The third kappa shape index (κ3) is 4.30. The van der Waals surface area contributed by atoms with E-state index in [4.69, 9.17) is 27.9 Å². The van der Waals surface area contributed by atoms with Crippen molar-refractivity contribution >= 4 is 29.1 Å². The Kier molecular flexibility index (Phi) is 5.35. The van der Waals surface area contributed by atoms with Gasteiger partial charge in [-0.2, -0.15) is 5.21 Å². The van der Waals surface area contributed by atoms with Gasteiger partial charge in [0, 0.05) is 5.02 Å². The number of nitrogens with zero attached hydrogens (tertiary/aromatic N) is 3. The minimum atomic E-state index is -0.319. The minimum absolute atomic E-state index is 0.171. The van der Waals surface area contributed by atoms with Crippen molar-refractivity contribution in [3.63, 3.8) is 0 Å². The normalized spacial score (nSPS) is 12.0. The molecule has 2 aromatic rings. The molecule has 1 atom stereocenters. The van der Waals surface area contributed by atoms with Crippen molar-refractivity contribution < 1.29 is 9.53 Å². The van der Waals surface area contributed by atoms with Gasteiger partial charge in [-0.1, -0.05) is 35.3 Å². The van der Waals surface area contributed by atoms with Crippen LogP contribution in [0.2, 0.25) is 10.0 Å². The van der Waals surface area contributed by atoms with Crippen LogP contribution in [0, 0.1) is 0 Å². The first-order valence-electron chi connectivity index (χ1n) is 6.20. The van der Waals surface area contributed by atoms with Crippen LogP contribution in [-0.4, -0.2) is 33.1 Å². The monoisotopic (exact) mass is 329 g/mol. The SMILES string of the molecule is CCC(NC(=O)COc1ccc(Cl)cc1Cl)c1nn[nH]n1. The van der Waals surface area contributed by atoms with E-state index < -0.39 is 0 Å². The second-order valence-electron chi connectivity index (χ2n) is 4.16. The van der Waals surface area contributed by atoms with Crippen LogP contribution in [0.25, 0.3) is 0 Å². The molecule has 1 heterocycles. The summed E-state index contributed by atoms with van der Waals surface area (Å²) in [7, 11) is 0. The Morgan fingerprint density at radius 1 is 1.48 bits per heavy atom. The predicted octanol–water partition coefficient (Wildman–Crippen LogP) is 2.15. The summed E-state index contributed by atoms with van der Waals surface area (Å²) >= 11 is 11.7. The molecule has 9 heteroatoms. The second kappa shape index (κ2) is 7.24. The van der Waals surface area contributed by atoms with E-state index in [9.17, 15) is 4.79 Å². The summed E-state index contributed by atoms with van der Waals surface area (Å²) in [6.07, 6.45) is 0.632. The predicted molar refractivity (Wildman–Crippen MR) is 77.3 cm³/mol. The van der Waals surface area contributed by atoms with Crippen LogP contribution in [0.3, 0.4) is 0 Å². The van der Waals surface area contributed by atoms with Crippen LogP contribution < -0.4 is 10.1 Å². The van der Waals surface area contributed by atoms with Crippen molar-refractivity contribution in [3.8, 4) is 5.75 Å². The maximum absolute atomic E-state index is 11.9. The number of halogens is 2. The van der Waals surface area contributed by atoms with Crippen LogP contribution in [0.1, 0.15) is 25.2 Å². The fourth-order valence-electron chi connectivity index (χ4n) is 1.64. The maximum Gasteiger partial charge on any atom is 0.258 e. The van der Waals surface area contributed by atoms with Gasteiger partial charge in [0.05, 0.1) is 11.1 Å². The Balaban J connectivity index is 1.89. The number of hydrogen-bond acceptors (Lipinski definition) is 5. The van der Waals surface area contributed by atoms with Crippen LogP contribution in [0.15, 0.2) is 18.2 Å². The topological polar surface area (TPSA) is 92.8 Å². The average molecular weight is 330 g/mol. The van der Waals surface area contributed by atoms with E-state index in [1.165, 1.54) is 0 Å². The second-order valence-corrected chi connectivity index (χ2v) is 5.01. The number of amides is 1. The van der Waals surface area contributed by atoms with Crippen molar-refractivity contribution in [2.75, 3.05) is 6.61 Å². The third-order valence-electron chi connectivity index (χ3n) is 2.67. The largest absolute Gasteiger partial charge is 0.482 e. The number of carbonyl (C=O) groups excluding carboxylic acids is 1. The molecule has 2 N–H and O–H groups in total. The van der Waals surface area contributed by atoms with Crippen molar-refractivity contribution in [1.82, 2.24) is 25.9 Å². The lowest BCUT2D eigenvalue weighted by Crippen LogP contribution is -2.33. The molecule has 0 aliphatic carbocycles. The number of benzene rings is 1. The highest BCUT2D eigenvalue weighted by atomic mass is 35.5. The van der Waals surface area contributed by atoms with E-state index in [1.54, 1.807) is 18.2 Å². The Labute approximate surface area is 131 Å². The van der Waals surface area contributed by atoms with Gasteiger partial charge in [-0.3, -0.25) is 4.79 Å². The van der Waals surface area contributed by atoms with Gasteiger partial charge < -0.3 is 10.1 Å². The number of carbonyl (C=O) groups is 1. The standard InChI is InChI=1S/C12H13Cl2N5O2/c1-2-9(12-16-18-19-17-12)15-11(20)6-21-10-4-3-7(13)5-8(10)14/h3-5,9H,2,6H2,1H3,(H,15,20)(H,16,17,18,19). The van der Waals surface area contributed by atoms with Gasteiger partial charge in [0.15, 0.2) is 12.4 Å². The molecule has 0 saturated carbocycles. The fourth-order valence-corrected chi connectivity index (χ4v) is 2.10. The Hall–Kier alpha value is -1.86. The van der Waals surface area contributed by atoms with Gasteiger partial charge in [0.25, 0.3) is 5.91 Å². The average Bonchev–Trinajstić information content (AvgIpc) is 2.98. The number of aromatic amines is 1. The molecule has 0 aliphatic rings. The van der Waals surface area contributed by atoms with Crippen LogP contribution in [0.4, 0.5) is 0 Å². The van der Waals surface area contributed by atoms with Crippen LogP contribution in [0.5, 0.6) is 5.75 Å². The van der Waals surface area contributed by atoms with Crippen molar-refractivity contribution in [3.05, 3.63) is 34.1 Å². The molecule has 0 aliphatic heterocycles. The maximum atomic E-state index is 11.9. The van der Waals surface area contributed by atoms with Gasteiger partial charge in [-0.05, 0) is 24.6 Å². The van der Waals surface area contributed by atoms with Crippen molar-refractivity contribution in [2.24, 2.45) is 0 Å². The van der Waals surface area contributed by atoms with E-state index in [-0.39, 0.29) is 18.6 Å². The molecule has 7 nitrogen and oxygen atoms in total. The number of hydrogen-bond donors (Lipinski definition) is 2. The minimum Gasteiger partial charge on any atom is -0.482 e. The lowest BCUT2D eigenvalue weighted by atomic mass is 10.2. The molecule has 1 amide bonds. The molecule has 0 spiro atoms. The highest BCUT2D eigenvalue weighted by Crippen LogP contribution is 2.27. The van der Waals surface area contributed by atoms with E-state index in [2.05, 4.69) is 25.9 Å². The molecule has 112 valence electrons. The van der Waals surface area contributed by atoms with Gasteiger partial charge in [0.1, 0.15) is 5.75 Å². The summed E-state index contributed by atoms with van der Waals surface area (Å²) in [4.78, 5) is 11.9. The smallest absolute Gasteiger partial charge is 0.258 e. The summed E-state index contributed by atoms with van der Waals surface area (Å²) in [5.74, 6) is 0.511. The summed E-state index contributed by atoms with van der Waals surface area (Å²) in [5, 5.41) is 17.1. The van der Waals surface area contributed by atoms with Crippen LogP contribution >= 0.6 is 23.2 Å². The highest BCUT2D eigenvalue weighted by molar-refractivity contribution is 6.35. The third-order valence-corrected chi connectivity index (χ3v) is 3.20. The molecule has 0 saturated heterocycles. The highest BCUT2D eigenvalue weighted by Gasteiger charge is 2.17. The first kappa shape index (κ1) is 15.5. The van der Waals surface area contributed by atoms with E-state index >= 15 is 0 Å². The number of aromatic nitrogens is 4. The van der Waals surface area contributed by atoms with E-state index in [0.29, 0.717) is 28.0 Å². The zero-order valence-electron chi connectivity index (χ0n) is 11.1. The van der Waals surface area contributed by atoms with Crippen molar-refractivity contribution in [2.45, 2.75) is 19.4 Å². The summed E-state index contributed by atoms with van der Waals surface area (Å²) < 4.78 is 5.35. The lowest BCUT2D eigenvalue weighted by Gasteiger charge is -2.14. The quantitative estimate of drug-likeness (QED) is 0.847. The Morgan fingerprint density at radius 2 is 2.29 bits per heavy atom. The number of H-pyrrole nitrogens is 1. The Morgan fingerprint density at radius 3 is 2.90 bits per heavy atom. The Bertz CT molecular complexity index is 606. The summed E-state index contributed by atoms with van der Waals surface area (Å²) in [5.41, 5.74) is 0. The first-order chi connectivity index (χ1) is 10.1. The molecule has 2 rings (SSSR count). The summed E-state index contributed by atoms with van der Waals surface area (Å²) in [6, 6.07) is 4.47. The molecule has 0 bridgehead atoms. The number of rotatable bonds is 6. The fraction of sp³-hybridized carbons (Fsp3) is 0.333. The number of nitrogens with one attached hydrogen (secondary N) is 2. The zero-order valence-corrected chi connectivity index (χ0v) is 12.6. The van der Waals surface area contributed by atoms with E-state index in [0.717, 1.165) is 0 Å². The van der Waals surface area contributed by atoms with E-state index in [1.807, 2.05) is 6.92 Å². The van der Waals surface area contributed by atoms with Crippen LogP contribution in [-0.2, 0) is 4.79 Å². The molecule has 1 aromatic carbocycles. The zero-order chi connectivity index (χ0) is 15.2. The van der Waals surface area contributed by atoms with Gasteiger partial charge in [0.2, 0.25) is 0 Å². The van der Waals surface area contributed by atoms with Crippen molar-refractivity contribution in [1.29, 1.82) is 0 Å². The first-order valence-corrected chi connectivity index (χ1v) is 6.96. The lowest BCUT2D eigenvalue weighted by molar-refractivity contribution is -0.123. The summed E-state index contributed by atoms with van der Waals surface area (Å²) in [6.45, 7) is 1.73. The molecular weight excluding hydrogens is 317 g/mol. The molecule has 1 unspecified atom stereocenters. The number of tetrazole rings is 1. The number of ether oxygens (including phenoxy) is 1.